The summed E-state index contributed by atoms with van der Waals surface area (Å²) in [5.74, 6) is -0.0146. The Bertz CT molecular complexity index is 197. The Morgan fingerprint density at radius 1 is 1.91 bits per heavy atom. The molecule has 0 radical (unpaired) electrons. The van der Waals surface area contributed by atoms with E-state index in [0.717, 1.165) is 0 Å². The SMILES string of the molecule is CN1CC(CC#N)OCC1=O. The van der Waals surface area contributed by atoms with Gasteiger partial charge in [0.25, 0.3) is 0 Å². The summed E-state index contributed by atoms with van der Waals surface area (Å²) in [4.78, 5) is 12.5. The summed E-state index contributed by atoms with van der Waals surface area (Å²) in [5.41, 5.74) is 0. The highest BCUT2D eigenvalue weighted by atomic mass is 16.5. The van der Waals surface area contributed by atoms with Crippen molar-refractivity contribution in [2.75, 3.05) is 20.2 Å². The average molecular weight is 154 g/mol. The van der Waals surface area contributed by atoms with Crippen molar-refractivity contribution in [3.8, 4) is 6.07 Å². The lowest BCUT2D eigenvalue weighted by molar-refractivity contribution is -0.146. The topological polar surface area (TPSA) is 53.3 Å². The summed E-state index contributed by atoms with van der Waals surface area (Å²) in [6.07, 6.45) is 0.264. The first kappa shape index (κ1) is 8.02. The van der Waals surface area contributed by atoms with Gasteiger partial charge in [-0.3, -0.25) is 4.79 Å². The van der Waals surface area contributed by atoms with Gasteiger partial charge in [-0.15, -0.1) is 0 Å². The lowest BCUT2D eigenvalue weighted by atomic mass is 10.2. The lowest BCUT2D eigenvalue weighted by Crippen LogP contribution is -2.44. The summed E-state index contributed by atoms with van der Waals surface area (Å²) in [6, 6.07) is 2.01. The van der Waals surface area contributed by atoms with Crippen LogP contribution in [0.25, 0.3) is 0 Å². The van der Waals surface area contributed by atoms with Crippen molar-refractivity contribution in [3.63, 3.8) is 0 Å². The van der Waals surface area contributed by atoms with Crippen molar-refractivity contribution in [1.29, 1.82) is 5.26 Å². The molecule has 0 N–H and O–H groups in total. The zero-order valence-corrected chi connectivity index (χ0v) is 6.41. The van der Waals surface area contributed by atoms with Gasteiger partial charge in [0.1, 0.15) is 6.61 Å². The van der Waals surface area contributed by atoms with Gasteiger partial charge in [-0.05, 0) is 0 Å². The number of amides is 1. The molecule has 1 atom stereocenters. The monoisotopic (exact) mass is 154 g/mol. The minimum Gasteiger partial charge on any atom is -0.365 e. The first-order chi connectivity index (χ1) is 5.24. The number of morpholine rings is 1. The van der Waals surface area contributed by atoms with Crippen molar-refractivity contribution < 1.29 is 9.53 Å². The quantitative estimate of drug-likeness (QED) is 0.523. The van der Waals surface area contributed by atoms with Gasteiger partial charge in [0.15, 0.2) is 0 Å². The Kier molecular flexibility index (Phi) is 2.44. The number of ether oxygens (including phenoxy) is 1. The maximum atomic E-state index is 10.9. The molecule has 1 rings (SSSR count). The molecule has 0 aromatic heterocycles. The van der Waals surface area contributed by atoms with Gasteiger partial charge in [0.05, 0.1) is 18.6 Å². The number of carbonyl (C=O) groups is 1. The van der Waals surface area contributed by atoms with Crippen LogP contribution >= 0.6 is 0 Å². The van der Waals surface area contributed by atoms with Crippen LogP contribution in [0.3, 0.4) is 0 Å². The van der Waals surface area contributed by atoms with E-state index >= 15 is 0 Å². The zero-order valence-electron chi connectivity index (χ0n) is 6.41. The molecule has 1 saturated heterocycles. The van der Waals surface area contributed by atoms with Crippen LogP contribution < -0.4 is 0 Å². The van der Waals surface area contributed by atoms with Gasteiger partial charge in [-0.25, -0.2) is 0 Å². The lowest BCUT2D eigenvalue weighted by Gasteiger charge is -2.28. The number of nitrogens with zero attached hydrogens (tertiary/aromatic N) is 2. The van der Waals surface area contributed by atoms with Gasteiger partial charge < -0.3 is 9.64 Å². The molecule has 11 heavy (non-hydrogen) atoms. The molecule has 0 bridgehead atoms. The normalized spacial score (nSPS) is 24.9. The molecule has 1 amide bonds. The summed E-state index contributed by atoms with van der Waals surface area (Å²) in [7, 11) is 1.72. The van der Waals surface area contributed by atoms with E-state index in [1.165, 1.54) is 0 Å². The van der Waals surface area contributed by atoms with Crippen LogP contribution in [0.1, 0.15) is 6.42 Å². The summed E-state index contributed by atoms with van der Waals surface area (Å²) >= 11 is 0. The Morgan fingerprint density at radius 3 is 3.18 bits per heavy atom. The van der Waals surface area contributed by atoms with Gasteiger partial charge in [-0.1, -0.05) is 0 Å². The molecule has 1 aliphatic heterocycles. The van der Waals surface area contributed by atoms with Crippen LogP contribution in [-0.2, 0) is 9.53 Å². The third-order valence-electron chi connectivity index (χ3n) is 1.66. The molecule has 0 aromatic carbocycles. The molecule has 0 saturated carbocycles. The predicted molar refractivity (Wildman–Crippen MR) is 37.6 cm³/mol. The first-order valence-electron chi connectivity index (χ1n) is 3.46. The summed E-state index contributed by atoms with van der Waals surface area (Å²) in [6.45, 7) is 0.648. The number of hydrogen-bond acceptors (Lipinski definition) is 3. The van der Waals surface area contributed by atoms with Crippen LogP contribution in [0.4, 0.5) is 0 Å². The van der Waals surface area contributed by atoms with Crippen molar-refractivity contribution in [3.05, 3.63) is 0 Å². The van der Waals surface area contributed by atoms with E-state index in [0.29, 0.717) is 13.0 Å². The molecule has 4 heteroatoms. The van der Waals surface area contributed by atoms with E-state index in [1.807, 2.05) is 6.07 Å². The largest absolute Gasteiger partial charge is 0.365 e. The Hall–Kier alpha value is -1.08. The fourth-order valence-electron chi connectivity index (χ4n) is 0.985. The molecule has 60 valence electrons. The second kappa shape index (κ2) is 3.35. The highest BCUT2D eigenvalue weighted by molar-refractivity contribution is 5.77. The Morgan fingerprint density at radius 2 is 2.64 bits per heavy atom. The summed E-state index contributed by atoms with van der Waals surface area (Å²) < 4.78 is 5.09. The van der Waals surface area contributed by atoms with E-state index in [2.05, 4.69) is 0 Å². The van der Waals surface area contributed by atoms with E-state index < -0.39 is 0 Å². The third-order valence-corrected chi connectivity index (χ3v) is 1.66. The second-order valence-corrected chi connectivity index (χ2v) is 2.57. The fraction of sp³-hybridized carbons (Fsp3) is 0.714. The molecule has 1 fully saturated rings. The third kappa shape index (κ3) is 1.92. The molecule has 0 aliphatic carbocycles. The van der Waals surface area contributed by atoms with Crippen LogP contribution in [0.5, 0.6) is 0 Å². The minimum absolute atomic E-state index is 0.0146. The van der Waals surface area contributed by atoms with Gasteiger partial charge in [0, 0.05) is 13.6 Å². The molecule has 1 heterocycles. The number of likely N-dealkylation sites (N-methyl/N-ethyl adjacent to an activating group) is 1. The van der Waals surface area contributed by atoms with Gasteiger partial charge in [0.2, 0.25) is 5.91 Å². The summed E-state index contributed by atoms with van der Waals surface area (Å²) in [5, 5.41) is 8.34. The van der Waals surface area contributed by atoms with Crippen molar-refractivity contribution in [2.24, 2.45) is 0 Å². The molecular formula is C7H10N2O2. The fourth-order valence-corrected chi connectivity index (χ4v) is 0.985. The van der Waals surface area contributed by atoms with Crippen molar-refractivity contribution >= 4 is 5.91 Å². The highest BCUT2D eigenvalue weighted by Crippen LogP contribution is 2.06. The number of nitriles is 1. The average Bonchev–Trinajstić information content (AvgIpc) is 1.98. The van der Waals surface area contributed by atoms with Gasteiger partial charge >= 0.3 is 0 Å². The van der Waals surface area contributed by atoms with Crippen LogP contribution in [0.2, 0.25) is 0 Å². The Labute approximate surface area is 65.4 Å². The van der Waals surface area contributed by atoms with Gasteiger partial charge in [-0.2, -0.15) is 5.26 Å². The number of hydrogen-bond donors (Lipinski definition) is 0. The van der Waals surface area contributed by atoms with Crippen LogP contribution in [0, 0.1) is 11.3 Å². The first-order valence-corrected chi connectivity index (χ1v) is 3.46. The van der Waals surface area contributed by atoms with Crippen LogP contribution in [0.15, 0.2) is 0 Å². The molecule has 0 spiro atoms. The minimum atomic E-state index is -0.0947. The number of rotatable bonds is 1. The van der Waals surface area contributed by atoms with E-state index in [-0.39, 0.29) is 18.6 Å². The second-order valence-electron chi connectivity index (χ2n) is 2.57. The molecule has 0 aromatic rings. The molecule has 1 unspecified atom stereocenters. The van der Waals surface area contributed by atoms with Crippen LogP contribution in [-0.4, -0.2) is 37.1 Å². The molecule has 1 aliphatic rings. The van der Waals surface area contributed by atoms with Crippen molar-refractivity contribution in [1.82, 2.24) is 4.90 Å². The zero-order chi connectivity index (χ0) is 8.27. The number of carbonyl (C=O) groups excluding carboxylic acids is 1. The standard InChI is InChI=1S/C7H10N2O2/c1-9-4-6(2-3-8)11-5-7(9)10/h6H,2,4-5H2,1H3. The van der Waals surface area contributed by atoms with E-state index in [9.17, 15) is 4.79 Å². The highest BCUT2D eigenvalue weighted by Gasteiger charge is 2.22. The molecule has 4 nitrogen and oxygen atoms in total. The maximum Gasteiger partial charge on any atom is 0.248 e. The molecular weight excluding hydrogens is 144 g/mol. The van der Waals surface area contributed by atoms with E-state index in [4.69, 9.17) is 10.00 Å². The Balaban J connectivity index is 2.41. The smallest absolute Gasteiger partial charge is 0.248 e. The predicted octanol–water partition coefficient (Wildman–Crippen LogP) is -0.243. The van der Waals surface area contributed by atoms with Crippen molar-refractivity contribution in [2.45, 2.75) is 12.5 Å². The van der Waals surface area contributed by atoms with E-state index in [1.54, 1.807) is 11.9 Å². The maximum absolute atomic E-state index is 10.9.